The molecule has 2 atom stereocenters. The molecule has 0 radical (unpaired) electrons. The number of hydrogen-bond donors (Lipinski definition) is 1. The predicted molar refractivity (Wildman–Crippen MR) is 160 cm³/mol. The van der Waals surface area contributed by atoms with Gasteiger partial charge >= 0.3 is 0 Å². The minimum atomic E-state index is -1.07. The minimum absolute atomic E-state index is 0.0668. The molecule has 208 valence electrons. The van der Waals surface area contributed by atoms with Gasteiger partial charge in [-0.25, -0.2) is 13.8 Å². The first-order chi connectivity index (χ1) is 19.3. The number of rotatable bonds is 9. The molecule has 0 saturated carbocycles. The van der Waals surface area contributed by atoms with E-state index in [1.165, 1.54) is 6.92 Å². The third-order valence-electron chi connectivity index (χ3n) is 7.81. The van der Waals surface area contributed by atoms with Crippen molar-refractivity contribution in [3.8, 4) is 5.75 Å². The molecular weight excluding hydrogens is 504 g/mol. The fourth-order valence-corrected chi connectivity index (χ4v) is 5.42. The molecule has 0 aliphatic carbocycles. The van der Waals surface area contributed by atoms with Gasteiger partial charge in [0.15, 0.2) is 0 Å². The van der Waals surface area contributed by atoms with Gasteiger partial charge in [0.25, 0.3) is 0 Å². The SMILES string of the molecule is CCC(F)Cc1cc2ccccc2nc1N1CCC(Oc2ccc(C(=N)c3cccc(C(C)F)c3)c(C)c2)CC1. The van der Waals surface area contributed by atoms with Crippen LogP contribution < -0.4 is 9.64 Å². The summed E-state index contributed by atoms with van der Waals surface area (Å²) < 4.78 is 34.6. The Hall–Kier alpha value is -3.80. The normalized spacial score (nSPS) is 15.7. The standard InChI is InChI=1S/C34H37F2N3O/c1-4-28(36)21-27-20-25-8-5-6-11-32(25)38-34(27)39-16-14-29(15-17-39)40-30-12-13-31(22(2)18-30)33(37)26-10-7-9-24(19-26)23(3)35/h5-13,18-20,23,28-29,37H,4,14-17,21H2,1-3H3. The lowest BCUT2D eigenvalue weighted by atomic mass is 9.96. The monoisotopic (exact) mass is 541 g/mol. The molecule has 0 spiro atoms. The van der Waals surface area contributed by atoms with Crippen LogP contribution in [0.2, 0.25) is 0 Å². The average Bonchev–Trinajstić information content (AvgIpc) is 2.97. The quantitative estimate of drug-likeness (QED) is 0.217. The number of ether oxygens (including phenoxy) is 1. The molecule has 1 aliphatic heterocycles. The Morgan fingerprint density at radius 2 is 1.80 bits per heavy atom. The summed E-state index contributed by atoms with van der Waals surface area (Å²) in [4.78, 5) is 7.22. The summed E-state index contributed by atoms with van der Waals surface area (Å²) in [5.74, 6) is 1.67. The topological polar surface area (TPSA) is 49.2 Å². The number of aryl methyl sites for hydroxylation is 1. The van der Waals surface area contributed by atoms with E-state index in [9.17, 15) is 8.78 Å². The van der Waals surface area contributed by atoms with E-state index in [2.05, 4.69) is 11.0 Å². The first-order valence-corrected chi connectivity index (χ1v) is 14.2. The lowest BCUT2D eigenvalue weighted by molar-refractivity contribution is 0.170. The van der Waals surface area contributed by atoms with Crippen molar-refractivity contribution in [2.45, 2.75) is 64.9 Å². The van der Waals surface area contributed by atoms with Crippen LogP contribution in [-0.2, 0) is 6.42 Å². The van der Waals surface area contributed by atoms with Gasteiger partial charge in [0.1, 0.15) is 30.0 Å². The van der Waals surface area contributed by atoms with Crippen molar-refractivity contribution in [2.75, 3.05) is 18.0 Å². The highest BCUT2D eigenvalue weighted by Crippen LogP contribution is 2.30. The van der Waals surface area contributed by atoms with E-state index >= 15 is 0 Å². The summed E-state index contributed by atoms with van der Waals surface area (Å²) in [5.41, 5.74) is 5.29. The van der Waals surface area contributed by atoms with Crippen molar-refractivity contribution in [3.05, 3.63) is 101 Å². The Bertz CT molecular complexity index is 1490. The molecule has 1 aliphatic rings. The lowest BCUT2D eigenvalue weighted by Crippen LogP contribution is -2.39. The highest BCUT2D eigenvalue weighted by Gasteiger charge is 2.25. The van der Waals surface area contributed by atoms with Crippen LogP contribution in [0.4, 0.5) is 14.6 Å². The molecule has 1 fully saturated rings. The van der Waals surface area contributed by atoms with Gasteiger partial charge in [-0.1, -0.05) is 43.3 Å². The maximum absolute atomic E-state index is 14.4. The summed E-state index contributed by atoms with van der Waals surface area (Å²) in [6.45, 7) is 6.94. The van der Waals surface area contributed by atoms with Crippen molar-refractivity contribution in [2.24, 2.45) is 0 Å². The van der Waals surface area contributed by atoms with E-state index in [1.54, 1.807) is 18.2 Å². The van der Waals surface area contributed by atoms with Crippen molar-refractivity contribution in [1.82, 2.24) is 4.98 Å². The number of nitrogens with one attached hydrogen (secondary N) is 1. The molecule has 0 amide bonds. The molecule has 1 saturated heterocycles. The number of nitrogens with zero attached hydrogens (tertiary/aromatic N) is 2. The van der Waals surface area contributed by atoms with Gasteiger partial charge < -0.3 is 9.64 Å². The third kappa shape index (κ3) is 6.16. The number of benzene rings is 3. The number of halogens is 2. The number of piperidine rings is 1. The van der Waals surface area contributed by atoms with E-state index in [4.69, 9.17) is 15.1 Å². The van der Waals surface area contributed by atoms with Crippen LogP contribution in [0.1, 0.15) is 67.1 Å². The Balaban J connectivity index is 1.26. The fraction of sp³-hybridized carbons (Fsp3) is 0.353. The Kier molecular flexibility index (Phi) is 8.43. The largest absolute Gasteiger partial charge is 0.490 e. The molecular formula is C34H37F2N3O. The molecule has 0 bridgehead atoms. The van der Waals surface area contributed by atoms with Gasteiger partial charge in [-0.15, -0.1) is 0 Å². The smallest absolute Gasteiger partial charge is 0.132 e. The molecule has 1 N–H and O–H groups in total. The minimum Gasteiger partial charge on any atom is -0.490 e. The van der Waals surface area contributed by atoms with Crippen LogP contribution in [0.5, 0.6) is 5.75 Å². The summed E-state index contributed by atoms with van der Waals surface area (Å²) in [5, 5.41) is 9.74. The molecule has 4 aromatic rings. The molecule has 1 aromatic heterocycles. The molecule has 6 heteroatoms. The van der Waals surface area contributed by atoms with E-state index in [-0.39, 0.29) is 6.10 Å². The molecule has 2 unspecified atom stereocenters. The molecule has 4 nitrogen and oxygen atoms in total. The predicted octanol–water partition coefficient (Wildman–Crippen LogP) is 8.33. The number of aromatic nitrogens is 1. The molecule has 2 heterocycles. The second kappa shape index (κ2) is 12.2. The van der Waals surface area contributed by atoms with Crippen molar-refractivity contribution >= 4 is 22.4 Å². The van der Waals surface area contributed by atoms with Gasteiger partial charge in [-0.05, 0) is 73.4 Å². The van der Waals surface area contributed by atoms with Gasteiger partial charge in [-0.3, -0.25) is 5.41 Å². The van der Waals surface area contributed by atoms with Crippen LogP contribution in [0.15, 0.2) is 72.8 Å². The Morgan fingerprint density at radius 3 is 2.52 bits per heavy atom. The van der Waals surface area contributed by atoms with E-state index in [1.807, 2.05) is 62.4 Å². The summed E-state index contributed by atoms with van der Waals surface area (Å²) >= 11 is 0. The van der Waals surface area contributed by atoms with Crippen LogP contribution in [0.3, 0.4) is 0 Å². The first kappa shape index (κ1) is 27.8. The average molecular weight is 542 g/mol. The lowest BCUT2D eigenvalue weighted by Gasteiger charge is -2.34. The summed E-state index contributed by atoms with van der Waals surface area (Å²) in [7, 11) is 0. The Labute approximate surface area is 235 Å². The number of para-hydroxylation sites is 1. The van der Waals surface area contributed by atoms with Crippen LogP contribution in [-0.4, -0.2) is 36.1 Å². The highest BCUT2D eigenvalue weighted by molar-refractivity contribution is 6.11. The number of hydrogen-bond acceptors (Lipinski definition) is 4. The summed E-state index contributed by atoms with van der Waals surface area (Å²) in [6, 6.07) is 23.1. The van der Waals surface area contributed by atoms with E-state index in [0.717, 1.165) is 65.1 Å². The van der Waals surface area contributed by atoms with Gasteiger partial charge in [0.2, 0.25) is 0 Å². The third-order valence-corrected chi connectivity index (χ3v) is 7.81. The van der Waals surface area contributed by atoms with Crippen LogP contribution in [0, 0.1) is 12.3 Å². The maximum Gasteiger partial charge on any atom is 0.132 e. The fourth-order valence-electron chi connectivity index (χ4n) is 5.42. The number of pyridine rings is 1. The van der Waals surface area contributed by atoms with E-state index in [0.29, 0.717) is 29.7 Å². The molecule has 5 rings (SSSR count). The highest BCUT2D eigenvalue weighted by atomic mass is 19.1. The van der Waals surface area contributed by atoms with Crippen molar-refractivity contribution < 1.29 is 13.5 Å². The first-order valence-electron chi connectivity index (χ1n) is 14.2. The van der Waals surface area contributed by atoms with Gasteiger partial charge in [-0.2, -0.15) is 0 Å². The zero-order valence-electron chi connectivity index (χ0n) is 23.5. The van der Waals surface area contributed by atoms with Crippen molar-refractivity contribution in [3.63, 3.8) is 0 Å². The number of fused-ring (bicyclic) bond motifs is 1. The zero-order valence-corrected chi connectivity index (χ0v) is 23.5. The van der Waals surface area contributed by atoms with Gasteiger partial charge in [0.05, 0.1) is 11.2 Å². The number of alkyl halides is 2. The maximum atomic E-state index is 14.4. The van der Waals surface area contributed by atoms with Crippen molar-refractivity contribution in [1.29, 1.82) is 5.41 Å². The number of anilines is 1. The molecule has 3 aromatic carbocycles. The molecule has 40 heavy (non-hydrogen) atoms. The van der Waals surface area contributed by atoms with Gasteiger partial charge in [0, 0.05) is 48.9 Å². The second-order valence-corrected chi connectivity index (χ2v) is 10.8. The van der Waals surface area contributed by atoms with Crippen LogP contribution in [0.25, 0.3) is 10.9 Å². The zero-order chi connectivity index (χ0) is 28.2. The summed E-state index contributed by atoms with van der Waals surface area (Å²) in [6.07, 6.45) is 0.651. The second-order valence-electron chi connectivity index (χ2n) is 10.8. The van der Waals surface area contributed by atoms with E-state index < -0.39 is 12.3 Å². The Morgan fingerprint density at radius 1 is 1.02 bits per heavy atom. The van der Waals surface area contributed by atoms with Crippen LogP contribution >= 0.6 is 0 Å².